The third-order valence-electron chi connectivity index (χ3n) is 4.01. The van der Waals surface area contributed by atoms with Crippen molar-refractivity contribution in [3.05, 3.63) is 75.9 Å². The molecule has 0 fully saturated rings. The molecule has 0 amide bonds. The maximum atomic E-state index is 10.8. The Kier molecular flexibility index (Phi) is 3.30. The number of aliphatic hydroxyl groups excluding tert-OH is 1. The van der Waals surface area contributed by atoms with Gasteiger partial charge in [-0.2, -0.15) is 5.26 Å². The van der Waals surface area contributed by atoms with Crippen molar-refractivity contribution >= 4 is 23.5 Å². The van der Waals surface area contributed by atoms with Gasteiger partial charge in [-0.15, -0.1) is 11.3 Å². The number of rotatable bonds is 1. The second kappa shape index (κ2) is 5.47. The zero-order chi connectivity index (χ0) is 15.8. The minimum absolute atomic E-state index is 0.559. The third kappa shape index (κ3) is 2.27. The lowest BCUT2D eigenvalue weighted by atomic mass is 9.95. The summed E-state index contributed by atoms with van der Waals surface area (Å²) in [4.78, 5) is 5.62. The van der Waals surface area contributed by atoms with Crippen LogP contribution in [0.15, 0.2) is 48.0 Å². The molecule has 1 aromatic carbocycles. The van der Waals surface area contributed by atoms with Crippen LogP contribution < -0.4 is 0 Å². The van der Waals surface area contributed by atoms with Crippen molar-refractivity contribution in [2.45, 2.75) is 6.10 Å². The number of hydrogen-bond acceptors (Lipinski definition) is 4. The van der Waals surface area contributed by atoms with E-state index < -0.39 is 6.10 Å². The molecular formula is C19H12N2OS. The van der Waals surface area contributed by atoms with Crippen molar-refractivity contribution in [3.63, 3.8) is 0 Å². The molecule has 23 heavy (non-hydrogen) atoms. The van der Waals surface area contributed by atoms with E-state index in [2.05, 4.69) is 11.1 Å². The summed E-state index contributed by atoms with van der Waals surface area (Å²) in [7, 11) is 0. The SMILES string of the molecule is N#Cc1cccc2c1C=Cc1ncc(-c3cccs3)cc1C2O. The summed E-state index contributed by atoms with van der Waals surface area (Å²) in [5.74, 6) is 0. The second-order valence-corrected chi connectivity index (χ2v) is 6.28. The number of benzene rings is 1. The molecule has 2 heterocycles. The van der Waals surface area contributed by atoms with Crippen LogP contribution >= 0.6 is 11.3 Å². The fraction of sp³-hybridized carbons (Fsp3) is 0.0526. The van der Waals surface area contributed by atoms with Crippen LogP contribution in [0, 0.1) is 11.3 Å². The normalized spacial score (nSPS) is 15.4. The van der Waals surface area contributed by atoms with E-state index in [-0.39, 0.29) is 0 Å². The molecule has 0 radical (unpaired) electrons. The zero-order valence-electron chi connectivity index (χ0n) is 12.1. The van der Waals surface area contributed by atoms with E-state index in [1.54, 1.807) is 23.5 Å². The van der Waals surface area contributed by atoms with E-state index >= 15 is 0 Å². The molecule has 1 atom stereocenters. The molecule has 110 valence electrons. The van der Waals surface area contributed by atoms with Crippen LogP contribution in [0.1, 0.15) is 34.1 Å². The van der Waals surface area contributed by atoms with Crippen molar-refractivity contribution in [1.82, 2.24) is 4.98 Å². The first-order valence-corrected chi connectivity index (χ1v) is 8.09. The molecule has 0 aliphatic heterocycles. The van der Waals surface area contributed by atoms with E-state index in [0.29, 0.717) is 5.56 Å². The maximum Gasteiger partial charge on any atom is 0.107 e. The molecule has 4 rings (SSSR count). The molecule has 0 bridgehead atoms. The number of nitrogens with zero attached hydrogens (tertiary/aromatic N) is 2. The zero-order valence-corrected chi connectivity index (χ0v) is 12.9. The summed E-state index contributed by atoms with van der Waals surface area (Å²) in [6.07, 6.45) is 4.75. The van der Waals surface area contributed by atoms with Crippen molar-refractivity contribution in [1.29, 1.82) is 5.26 Å². The first-order chi connectivity index (χ1) is 11.3. The lowest BCUT2D eigenvalue weighted by molar-refractivity contribution is 0.219. The van der Waals surface area contributed by atoms with Crippen LogP contribution in [-0.4, -0.2) is 10.1 Å². The molecule has 3 nitrogen and oxygen atoms in total. The van der Waals surface area contributed by atoms with Gasteiger partial charge in [0.15, 0.2) is 0 Å². The van der Waals surface area contributed by atoms with Gasteiger partial charge >= 0.3 is 0 Å². The van der Waals surface area contributed by atoms with Gasteiger partial charge in [-0.05, 0) is 40.8 Å². The molecule has 0 spiro atoms. The van der Waals surface area contributed by atoms with Crippen molar-refractivity contribution in [2.24, 2.45) is 0 Å². The van der Waals surface area contributed by atoms with Crippen molar-refractivity contribution in [3.8, 4) is 16.5 Å². The number of thiophene rings is 1. The minimum atomic E-state index is -0.796. The Morgan fingerprint density at radius 2 is 2.04 bits per heavy atom. The Bertz CT molecular complexity index is 952. The third-order valence-corrected chi connectivity index (χ3v) is 4.93. The molecule has 0 saturated carbocycles. The van der Waals surface area contributed by atoms with E-state index in [0.717, 1.165) is 32.8 Å². The van der Waals surface area contributed by atoms with Crippen LogP contribution in [0.3, 0.4) is 0 Å². The van der Waals surface area contributed by atoms with Gasteiger partial charge in [0.1, 0.15) is 6.10 Å². The highest BCUT2D eigenvalue weighted by molar-refractivity contribution is 7.13. The molecule has 1 unspecified atom stereocenters. The standard InChI is InChI=1S/C19H12N2OS/c20-10-12-3-1-4-15-14(12)6-7-17-16(19(15)22)9-13(11-21-17)18-5-2-8-23-18/h1-9,11,19,22H. The quantitative estimate of drug-likeness (QED) is 0.730. The monoisotopic (exact) mass is 316 g/mol. The van der Waals surface area contributed by atoms with Crippen LogP contribution in [0.2, 0.25) is 0 Å². The molecule has 1 aliphatic rings. The largest absolute Gasteiger partial charge is 0.384 e. The minimum Gasteiger partial charge on any atom is -0.384 e. The Morgan fingerprint density at radius 3 is 2.83 bits per heavy atom. The smallest absolute Gasteiger partial charge is 0.107 e. The first kappa shape index (κ1) is 13.9. The Labute approximate surface area is 137 Å². The number of aliphatic hydroxyl groups is 1. The van der Waals surface area contributed by atoms with E-state index in [1.165, 1.54) is 0 Å². The van der Waals surface area contributed by atoms with Crippen molar-refractivity contribution < 1.29 is 5.11 Å². The topological polar surface area (TPSA) is 56.9 Å². The fourth-order valence-electron chi connectivity index (χ4n) is 2.86. The molecule has 2 aromatic heterocycles. The maximum absolute atomic E-state index is 10.8. The van der Waals surface area contributed by atoms with Gasteiger partial charge in [-0.3, -0.25) is 4.98 Å². The molecule has 1 N–H and O–H groups in total. The van der Waals surface area contributed by atoms with E-state index in [4.69, 9.17) is 0 Å². The summed E-state index contributed by atoms with van der Waals surface area (Å²) >= 11 is 1.64. The lowest BCUT2D eigenvalue weighted by Crippen LogP contribution is -2.04. The second-order valence-electron chi connectivity index (χ2n) is 5.33. The number of fused-ring (bicyclic) bond motifs is 2. The highest BCUT2D eigenvalue weighted by Gasteiger charge is 2.22. The van der Waals surface area contributed by atoms with Gasteiger partial charge in [0, 0.05) is 22.2 Å². The fourth-order valence-corrected chi connectivity index (χ4v) is 3.57. The number of hydrogen-bond donors (Lipinski definition) is 1. The lowest BCUT2D eigenvalue weighted by Gasteiger charge is -2.15. The van der Waals surface area contributed by atoms with Gasteiger partial charge in [0.25, 0.3) is 0 Å². The summed E-state index contributed by atoms with van der Waals surface area (Å²) in [5.41, 5.74) is 4.55. The highest BCUT2D eigenvalue weighted by Crippen LogP contribution is 2.35. The summed E-state index contributed by atoms with van der Waals surface area (Å²) in [6.45, 7) is 0. The summed E-state index contributed by atoms with van der Waals surface area (Å²) in [6, 6.07) is 13.6. The number of nitriles is 1. The van der Waals surface area contributed by atoms with E-state index in [1.807, 2.05) is 48.0 Å². The summed E-state index contributed by atoms with van der Waals surface area (Å²) in [5, 5.41) is 22.1. The van der Waals surface area contributed by atoms with Crippen LogP contribution in [0.5, 0.6) is 0 Å². The van der Waals surface area contributed by atoms with Gasteiger partial charge < -0.3 is 5.11 Å². The first-order valence-electron chi connectivity index (χ1n) is 7.21. The Morgan fingerprint density at radius 1 is 1.13 bits per heavy atom. The molecule has 1 aliphatic carbocycles. The average molecular weight is 316 g/mol. The van der Waals surface area contributed by atoms with Crippen LogP contribution in [-0.2, 0) is 0 Å². The van der Waals surface area contributed by atoms with Crippen LogP contribution in [0.25, 0.3) is 22.6 Å². The van der Waals surface area contributed by atoms with Crippen LogP contribution in [0.4, 0.5) is 0 Å². The number of pyridine rings is 1. The molecule has 3 aromatic rings. The van der Waals surface area contributed by atoms with Gasteiger partial charge in [0.2, 0.25) is 0 Å². The number of aromatic nitrogens is 1. The predicted octanol–water partition coefficient (Wildman–Crippen LogP) is 4.25. The van der Waals surface area contributed by atoms with Gasteiger partial charge in [-0.1, -0.05) is 24.3 Å². The summed E-state index contributed by atoms with van der Waals surface area (Å²) < 4.78 is 0. The highest BCUT2D eigenvalue weighted by atomic mass is 32.1. The Hall–Kier alpha value is -2.74. The molecule has 4 heteroatoms. The van der Waals surface area contributed by atoms with E-state index in [9.17, 15) is 10.4 Å². The average Bonchev–Trinajstić information content (AvgIpc) is 3.09. The molecular weight excluding hydrogens is 304 g/mol. The van der Waals surface area contributed by atoms with Gasteiger partial charge in [-0.25, -0.2) is 0 Å². The molecule has 0 saturated heterocycles. The predicted molar refractivity (Wildman–Crippen MR) is 91.7 cm³/mol. The van der Waals surface area contributed by atoms with Crippen molar-refractivity contribution in [2.75, 3.05) is 0 Å². The Balaban J connectivity index is 1.91. The van der Waals surface area contributed by atoms with Gasteiger partial charge in [0.05, 0.1) is 17.3 Å².